The number of benzene rings is 2. The monoisotopic (exact) mass is 342 g/mol. The normalized spacial score (nSPS) is 11.3. The number of ether oxygens (including phenoxy) is 3. The second kappa shape index (κ2) is 8.24. The molecule has 0 aliphatic carbocycles. The highest BCUT2D eigenvalue weighted by atomic mass is 16.5. The number of hydrogen-bond acceptors (Lipinski definition) is 4. The number of carboxylic acids is 1. The van der Waals surface area contributed by atoms with Crippen molar-refractivity contribution in [1.82, 2.24) is 0 Å². The van der Waals surface area contributed by atoms with Crippen molar-refractivity contribution < 1.29 is 24.1 Å². The van der Waals surface area contributed by atoms with Gasteiger partial charge >= 0.3 is 5.97 Å². The van der Waals surface area contributed by atoms with Crippen LogP contribution < -0.4 is 14.2 Å². The number of aliphatic carboxylic acids is 1. The van der Waals surface area contributed by atoms with E-state index in [1.807, 2.05) is 32.0 Å². The molecular formula is C20H22O5. The zero-order chi connectivity index (χ0) is 18.4. The zero-order valence-electron chi connectivity index (χ0n) is 14.8. The molecule has 2 aromatic carbocycles. The summed E-state index contributed by atoms with van der Waals surface area (Å²) in [6.45, 7) is 3.87. The van der Waals surface area contributed by atoms with Gasteiger partial charge in [-0.2, -0.15) is 0 Å². The zero-order valence-corrected chi connectivity index (χ0v) is 14.8. The fourth-order valence-corrected chi connectivity index (χ4v) is 2.40. The smallest absolute Gasteiger partial charge is 0.336 e. The van der Waals surface area contributed by atoms with Crippen molar-refractivity contribution in [1.29, 1.82) is 0 Å². The van der Waals surface area contributed by atoms with Crippen molar-refractivity contribution in [2.45, 2.75) is 20.0 Å². The Labute approximate surface area is 147 Å². The Bertz CT molecular complexity index is 777. The van der Waals surface area contributed by atoms with Crippen LogP contribution >= 0.6 is 0 Å². The average Bonchev–Trinajstić information content (AvgIpc) is 2.58. The molecule has 132 valence electrons. The predicted molar refractivity (Wildman–Crippen MR) is 97.3 cm³/mol. The molecule has 0 saturated heterocycles. The maximum Gasteiger partial charge on any atom is 0.336 e. The summed E-state index contributed by atoms with van der Waals surface area (Å²) in [5.41, 5.74) is 1.28. The first kappa shape index (κ1) is 18.4. The predicted octanol–water partition coefficient (Wildman–Crippen LogP) is 4.12. The molecule has 0 unspecified atom stereocenters. The van der Waals surface area contributed by atoms with Gasteiger partial charge in [-0.15, -0.1) is 0 Å². The Hall–Kier alpha value is -2.95. The van der Waals surface area contributed by atoms with E-state index < -0.39 is 5.97 Å². The molecule has 0 fully saturated rings. The van der Waals surface area contributed by atoms with Gasteiger partial charge in [-0.05, 0) is 55.8 Å². The molecule has 5 heteroatoms. The minimum absolute atomic E-state index is 0.0386. The molecule has 0 saturated carbocycles. The lowest BCUT2D eigenvalue weighted by atomic mass is 10.0. The SMILES string of the molecule is COc1ccc(OC)c(/C(=C/c2cccc(OC(C)C)c2)C(=O)O)c1. The molecule has 2 rings (SSSR count). The van der Waals surface area contributed by atoms with Gasteiger partial charge in [0.15, 0.2) is 0 Å². The lowest BCUT2D eigenvalue weighted by Crippen LogP contribution is -2.05. The molecule has 0 aliphatic rings. The second-order valence-electron chi connectivity index (χ2n) is 5.67. The molecule has 0 radical (unpaired) electrons. The lowest BCUT2D eigenvalue weighted by Gasteiger charge is -2.12. The van der Waals surface area contributed by atoms with Crippen molar-refractivity contribution in [3.05, 3.63) is 53.6 Å². The number of carboxylic acid groups (broad SMARTS) is 1. The molecule has 0 heterocycles. The van der Waals surface area contributed by atoms with Crippen molar-refractivity contribution in [2.75, 3.05) is 14.2 Å². The Kier molecular flexibility index (Phi) is 6.06. The number of carbonyl (C=O) groups is 1. The largest absolute Gasteiger partial charge is 0.497 e. The van der Waals surface area contributed by atoms with Crippen LogP contribution in [0.25, 0.3) is 11.6 Å². The van der Waals surface area contributed by atoms with Crippen LogP contribution in [0.1, 0.15) is 25.0 Å². The standard InChI is InChI=1S/C20H22O5/c1-13(2)25-16-7-5-6-14(10-16)11-18(20(21)22)17-12-15(23-3)8-9-19(17)24-4/h5-13H,1-4H3,(H,21,22)/b18-11-. The highest BCUT2D eigenvalue weighted by Crippen LogP contribution is 2.32. The van der Waals surface area contributed by atoms with Gasteiger partial charge in [0.1, 0.15) is 17.2 Å². The average molecular weight is 342 g/mol. The van der Waals surface area contributed by atoms with Crippen LogP contribution in [-0.2, 0) is 4.79 Å². The molecule has 0 aliphatic heterocycles. The maximum atomic E-state index is 11.8. The molecule has 5 nitrogen and oxygen atoms in total. The summed E-state index contributed by atoms with van der Waals surface area (Å²) in [6, 6.07) is 12.3. The molecule has 0 spiro atoms. The topological polar surface area (TPSA) is 65.0 Å². The number of methoxy groups -OCH3 is 2. The molecule has 0 atom stereocenters. The third-order valence-corrected chi connectivity index (χ3v) is 3.47. The van der Waals surface area contributed by atoms with Crippen molar-refractivity contribution >= 4 is 17.6 Å². The molecule has 0 bridgehead atoms. The van der Waals surface area contributed by atoms with E-state index in [1.54, 1.807) is 30.3 Å². The van der Waals surface area contributed by atoms with Crippen LogP contribution in [0.2, 0.25) is 0 Å². The second-order valence-corrected chi connectivity index (χ2v) is 5.67. The van der Waals surface area contributed by atoms with Crippen LogP contribution in [0.4, 0.5) is 0 Å². The Balaban J connectivity index is 2.52. The van der Waals surface area contributed by atoms with Crippen LogP contribution in [0.15, 0.2) is 42.5 Å². The number of hydrogen-bond donors (Lipinski definition) is 1. The molecule has 25 heavy (non-hydrogen) atoms. The summed E-state index contributed by atoms with van der Waals surface area (Å²) in [5, 5.41) is 9.69. The van der Waals surface area contributed by atoms with Gasteiger partial charge in [0.2, 0.25) is 0 Å². The van der Waals surface area contributed by atoms with Crippen LogP contribution in [0.5, 0.6) is 17.2 Å². The van der Waals surface area contributed by atoms with Crippen LogP contribution in [0.3, 0.4) is 0 Å². The van der Waals surface area contributed by atoms with Gasteiger partial charge in [-0.3, -0.25) is 0 Å². The van der Waals surface area contributed by atoms with E-state index in [1.165, 1.54) is 14.2 Å². The molecule has 2 aromatic rings. The van der Waals surface area contributed by atoms with E-state index in [-0.39, 0.29) is 11.7 Å². The lowest BCUT2D eigenvalue weighted by molar-refractivity contribution is -0.130. The van der Waals surface area contributed by atoms with E-state index in [0.29, 0.717) is 22.8 Å². The Morgan fingerprint density at radius 1 is 1.04 bits per heavy atom. The van der Waals surface area contributed by atoms with E-state index in [2.05, 4.69) is 0 Å². The molecular weight excluding hydrogens is 320 g/mol. The molecule has 0 amide bonds. The van der Waals surface area contributed by atoms with E-state index in [0.717, 1.165) is 5.56 Å². The Morgan fingerprint density at radius 2 is 1.80 bits per heavy atom. The quantitative estimate of drug-likeness (QED) is 0.606. The van der Waals surface area contributed by atoms with E-state index in [4.69, 9.17) is 14.2 Å². The van der Waals surface area contributed by atoms with Gasteiger partial charge in [-0.1, -0.05) is 12.1 Å². The first-order chi connectivity index (χ1) is 11.9. The van der Waals surface area contributed by atoms with Gasteiger partial charge < -0.3 is 19.3 Å². The minimum atomic E-state index is -1.05. The van der Waals surface area contributed by atoms with Gasteiger partial charge in [-0.25, -0.2) is 4.79 Å². The summed E-state index contributed by atoms with van der Waals surface area (Å²) >= 11 is 0. The first-order valence-electron chi connectivity index (χ1n) is 7.88. The number of rotatable bonds is 7. The highest BCUT2D eigenvalue weighted by Gasteiger charge is 2.17. The third kappa shape index (κ3) is 4.76. The summed E-state index contributed by atoms with van der Waals surface area (Å²) in [5.74, 6) is 0.650. The van der Waals surface area contributed by atoms with Crippen molar-refractivity contribution in [3.8, 4) is 17.2 Å². The van der Waals surface area contributed by atoms with Crippen molar-refractivity contribution in [2.24, 2.45) is 0 Å². The first-order valence-corrected chi connectivity index (χ1v) is 7.88. The molecule has 0 aromatic heterocycles. The van der Waals surface area contributed by atoms with Gasteiger partial charge in [0.25, 0.3) is 0 Å². The van der Waals surface area contributed by atoms with Gasteiger partial charge in [0, 0.05) is 5.56 Å². The summed E-state index contributed by atoms with van der Waals surface area (Å²) in [6.07, 6.45) is 1.63. The summed E-state index contributed by atoms with van der Waals surface area (Å²) < 4.78 is 16.2. The van der Waals surface area contributed by atoms with Crippen LogP contribution in [-0.4, -0.2) is 31.4 Å². The molecule has 1 N–H and O–H groups in total. The van der Waals surface area contributed by atoms with E-state index in [9.17, 15) is 9.90 Å². The third-order valence-electron chi connectivity index (χ3n) is 3.47. The highest BCUT2D eigenvalue weighted by molar-refractivity contribution is 6.21. The summed E-state index contributed by atoms with van der Waals surface area (Å²) in [4.78, 5) is 11.8. The van der Waals surface area contributed by atoms with E-state index >= 15 is 0 Å². The fourth-order valence-electron chi connectivity index (χ4n) is 2.40. The van der Waals surface area contributed by atoms with Crippen molar-refractivity contribution in [3.63, 3.8) is 0 Å². The van der Waals surface area contributed by atoms with Crippen LogP contribution in [0, 0.1) is 0 Å². The Morgan fingerprint density at radius 3 is 2.40 bits per heavy atom. The minimum Gasteiger partial charge on any atom is -0.497 e. The maximum absolute atomic E-state index is 11.8. The fraction of sp³-hybridized carbons (Fsp3) is 0.250. The van der Waals surface area contributed by atoms with Gasteiger partial charge in [0.05, 0.1) is 25.9 Å². The summed E-state index contributed by atoms with van der Waals surface area (Å²) in [7, 11) is 3.03.